The Labute approximate surface area is 197 Å². The maximum absolute atomic E-state index is 13.7. The van der Waals surface area contributed by atoms with Gasteiger partial charge in [0.15, 0.2) is 5.11 Å². The molecule has 32 heavy (non-hydrogen) atoms. The zero-order valence-corrected chi connectivity index (χ0v) is 19.5. The summed E-state index contributed by atoms with van der Waals surface area (Å²) in [5.41, 5.74) is 3.33. The molecule has 1 aromatic heterocycles. The van der Waals surface area contributed by atoms with Gasteiger partial charge in [-0.05, 0) is 55.4 Å². The third kappa shape index (κ3) is 4.69. The molecule has 2 heterocycles. The summed E-state index contributed by atoms with van der Waals surface area (Å²) in [6.07, 6.45) is 3.26. The van der Waals surface area contributed by atoms with E-state index in [1.165, 1.54) is 12.1 Å². The summed E-state index contributed by atoms with van der Waals surface area (Å²) in [5, 5.41) is 8.86. The molecule has 0 saturated heterocycles. The zero-order valence-electron chi connectivity index (χ0n) is 17.9. The second kappa shape index (κ2) is 9.79. The van der Waals surface area contributed by atoms with Crippen LogP contribution in [0.15, 0.2) is 58.8 Å². The number of thiocarbonyl (C=S) groups is 1. The molecule has 0 saturated carbocycles. The molecule has 1 atom stereocenters. The predicted molar refractivity (Wildman–Crippen MR) is 128 cm³/mol. The fraction of sp³-hybridized carbons (Fsp3) is 0.292. The molecule has 1 aliphatic heterocycles. The Balaban J connectivity index is 1.77. The van der Waals surface area contributed by atoms with Crippen LogP contribution in [-0.4, -0.2) is 26.7 Å². The molecule has 1 N–H and O–H groups in total. The molecule has 5 nitrogen and oxygen atoms in total. The molecule has 0 spiro atoms. The molecule has 0 aliphatic carbocycles. The summed E-state index contributed by atoms with van der Waals surface area (Å²) >= 11 is 11.8. The Kier molecular flexibility index (Phi) is 6.86. The first-order valence-electron chi connectivity index (χ1n) is 10.6. The van der Waals surface area contributed by atoms with Crippen molar-refractivity contribution in [2.75, 3.05) is 6.54 Å². The molecule has 2 aromatic carbocycles. The normalized spacial score (nSPS) is 16.4. The molecule has 4 rings (SSSR count). The Morgan fingerprint density at radius 3 is 2.69 bits per heavy atom. The molecule has 166 valence electrons. The Hall–Kier alpha value is -2.77. The smallest absolute Gasteiger partial charge is 0.258 e. The molecule has 1 unspecified atom stereocenters. The van der Waals surface area contributed by atoms with Gasteiger partial charge in [0.25, 0.3) is 5.89 Å². The highest BCUT2D eigenvalue weighted by Gasteiger charge is 2.33. The van der Waals surface area contributed by atoms with Gasteiger partial charge in [-0.15, -0.1) is 0 Å². The van der Waals surface area contributed by atoms with Crippen molar-refractivity contribution >= 4 is 34.5 Å². The summed E-state index contributed by atoms with van der Waals surface area (Å²) in [6.45, 7) is 4.99. The van der Waals surface area contributed by atoms with Gasteiger partial charge in [-0.1, -0.05) is 60.8 Å². The van der Waals surface area contributed by atoms with E-state index in [2.05, 4.69) is 27.3 Å². The molecule has 3 aromatic rings. The number of nitrogens with zero attached hydrogens (tertiary/aromatic N) is 3. The highest BCUT2D eigenvalue weighted by molar-refractivity contribution is 7.80. The van der Waals surface area contributed by atoms with E-state index in [1.807, 2.05) is 31.2 Å². The lowest BCUT2D eigenvalue weighted by Crippen LogP contribution is -2.46. The van der Waals surface area contributed by atoms with Crippen LogP contribution in [0.4, 0.5) is 4.39 Å². The quantitative estimate of drug-likeness (QED) is 0.319. The monoisotopic (exact) mass is 470 g/mol. The average Bonchev–Trinajstić information content (AvgIpc) is 3.26. The fourth-order valence-corrected chi connectivity index (χ4v) is 4.30. The lowest BCUT2D eigenvalue weighted by Gasteiger charge is -2.37. The van der Waals surface area contributed by atoms with E-state index in [9.17, 15) is 4.39 Å². The van der Waals surface area contributed by atoms with Crippen molar-refractivity contribution in [1.29, 1.82) is 0 Å². The van der Waals surface area contributed by atoms with Gasteiger partial charge >= 0.3 is 0 Å². The second-order valence-corrected chi connectivity index (χ2v) is 8.55. The van der Waals surface area contributed by atoms with Crippen molar-refractivity contribution in [1.82, 2.24) is 20.4 Å². The van der Waals surface area contributed by atoms with Crippen LogP contribution in [-0.2, 0) is 0 Å². The van der Waals surface area contributed by atoms with E-state index in [4.69, 9.17) is 28.3 Å². The lowest BCUT2D eigenvalue weighted by molar-refractivity contribution is 0.395. The van der Waals surface area contributed by atoms with Gasteiger partial charge in [-0.25, -0.2) is 4.39 Å². The number of allylic oxidation sites excluding steroid dienone is 1. The third-order valence-electron chi connectivity index (χ3n) is 5.52. The highest BCUT2D eigenvalue weighted by atomic mass is 35.5. The van der Waals surface area contributed by atoms with Crippen molar-refractivity contribution in [2.24, 2.45) is 0 Å². The molecule has 8 heteroatoms. The van der Waals surface area contributed by atoms with Gasteiger partial charge in [-0.3, -0.25) is 0 Å². The minimum atomic E-state index is -0.352. The van der Waals surface area contributed by atoms with Gasteiger partial charge in [0.05, 0.1) is 11.6 Å². The summed E-state index contributed by atoms with van der Waals surface area (Å²) < 4.78 is 19.4. The lowest BCUT2D eigenvalue weighted by atomic mass is 9.94. The molecule has 0 bridgehead atoms. The van der Waals surface area contributed by atoms with Gasteiger partial charge in [0, 0.05) is 22.8 Å². The van der Waals surface area contributed by atoms with E-state index < -0.39 is 0 Å². The summed E-state index contributed by atoms with van der Waals surface area (Å²) in [4.78, 5) is 6.69. The maximum Gasteiger partial charge on any atom is 0.258 e. The SMILES string of the molecule is CCCCCN1C(=S)NC(c2ccc(Cl)cc2)C(c2nc(-c3cccc(F)c3)no2)=C1C. The summed E-state index contributed by atoms with van der Waals surface area (Å²) in [7, 11) is 0. The van der Waals surface area contributed by atoms with E-state index in [0.29, 0.717) is 27.4 Å². The average molecular weight is 471 g/mol. The number of rotatable bonds is 7. The zero-order chi connectivity index (χ0) is 22.7. The van der Waals surface area contributed by atoms with Crippen LogP contribution < -0.4 is 5.32 Å². The molecule has 0 radical (unpaired) electrons. The van der Waals surface area contributed by atoms with Crippen LogP contribution in [0.1, 0.15) is 50.6 Å². The van der Waals surface area contributed by atoms with Crippen molar-refractivity contribution in [3.05, 3.63) is 76.5 Å². The summed E-state index contributed by atoms with van der Waals surface area (Å²) in [6, 6.07) is 13.5. The van der Waals surface area contributed by atoms with Crippen molar-refractivity contribution in [3.63, 3.8) is 0 Å². The summed E-state index contributed by atoms with van der Waals surface area (Å²) in [5.74, 6) is 0.354. The van der Waals surface area contributed by atoms with E-state index in [-0.39, 0.29) is 11.9 Å². The number of unbranched alkanes of at least 4 members (excludes halogenated alkanes) is 2. The predicted octanol–water partition coefficient (Wildman–Crippen LogP) is 6.38. The molecular weight excluding hydrogens is 447 g/mol. The van der Waals surface area contributed by atoms with Crippen LogP contribution in [0.2, 0.25) is 5.02 Å². The minimum Gasteiger partial charge on any atom is -0.351 e. The fourth-order valence-electron chi connectivity index (χ4n) is 3.83. The molecule has 0 amide bonds. The third-order valence-corrected chi connectivity index (χ3v) is 6.11. The van der Waals surface area contributed by atoms with Crippen molar-refractivity contribution < 1.29 is 8.91 Å². The van der Waals surface area contributed by atoms with Gasteiger partial charge in [0.2, 0.25) is 5.82 Å². The topological polar surface area (TPSA) is 54.2 Å². The minimum absolute atomic E-state index is 0.275. The molecular formula is C24H24ClFN4OS. The first-order chi connectivity index (χ1) is 15.5. The number of hydrogen-bond donors (Lipinski definition) is 1. The van der Waals surface area contributed by atoms with Crippen molar-refractivity contribution in [3.8, 4) is 11.4 Å². The first-order valence-corrected chi connectivity index (χ1v) is 11.4. The Bertz CT molecular complexity index is 1140. The van der Waals surface area contributed by atoms with Gasteiger partial charge < -0.3 is 14.7 Å². The number of nitrogens with one attached hydrogen (secondary N) is 1. The van der Waals surface area contributed by atoms with E-state index in [1.54, 1.807) is 12.1 Å². The van der Waals surface area contributed by atoms with E-state index >= 15 is 0 Å². The van der Waals surface area contributed by atoms with Crippen LogP contribution in [0, 0.1) is 5.82 Å². The first kappa shape index (κ1) is 22.4. The standard InChI is InChI=1S/C24H24ClFN4OS/c1-3-4-5-13-30-15(2)20(21(27-24(30)32)16-9-11-18(25)12-10-16)23-28-22(29-31-23)17-7-6-8-19(26)14-17/h6-12,14,21H,3-5,13H2,1-2H3,(H,27,32). The van der Waals surface area contributed by atoms with E-state index in [0.717, 1.165) is 42.6 Å². The maximum atomic E-state index is 13.7. The number of hydrogen-bond acceptors (Lipinski definition) is 4. The largest absolute Gasteiger partial charge is 0.351 e. The Morgan fingerprint density at radius 1 is 1.19 bits per heavy atom. The second-order valence-electron chi connectivity index (χ2n) is 7.73. The van der Waals surface area contributed by atoms with Gasteiger partial charge in [-0.2, -0.15) is 4.98 Å². The van der Waals surface area contributed by atoms with Crippen LogP contribution in [0.5, 0.6) is 0 Å². The van der Waals surface area contributed by atoms with Crippen LogP contribution in [0.3, 0.4) is 0 Å². The van der Waals surface area contributed by atoms with Gasteiger partial charge in [0.1, 0.15) is 5.82 Å². The van der Waals surface area contributed by atoms with Crippen LogP contribution in [0.25, 0.3) is 17.0 Å². The molecule has 0 fully saturated rings. The Morgan fingerprint density at radius 2 is 1.97 bits per heavy atom. The van der Waals surface area contributed by atoms with Crippen molar-refractivity contribution in [2.45, 2.75) is 39.2 Å². The number of aromatic nitrogens is 2. The highest BCUT2D eigenvalue weighted by Crippen LogP contribution is 2.37. The number of halogens is 2. The number of benzene rings is 2. The van der Waals surface area contributed by atoms with Crippen LogP contribution >= 0.6 is 23.8 Å². The molecule has 1 aliphatic rings.